The van der Waals surface area contributed by atoms with E-state index in [0.717, 1.165) is 83.4 Å². The lowest BCUT2D eigenvalue weighted by Crippen LogP contribution is -1.96. The third-order valence-electron chi connectivity index (χ3n) is 10.6. The van der Waals surface area contributed by atoms with E-state index in [-0.39, 0.29) is 0 Å². The van der Waals surface area contributed by atoms with Crippen molar-refractivity contribution < 1.29 is 0 Å². The zero-order valence-electron chi connectivity index (χ0n) is 29.6. The third kappa shape index (κ3) is 5.41. The molecular weight excluding hydrogens is 671 g/mol. The minimum atomic E-state index is 0.698. The van der Waals surface area contributed by atoms with Crippen molar-refractivity contribution in [2.45, 2.75) is 0 Å². The first kappa shape index (κ1) is 31.1. The molecule has 4 heterocycles. The molecule has 0 amide bonds. The highest BCUT2D eigenvalue weighted by Gasteiger charge is 2.16. The molecule has 7 aromatic carbocycles. The highest BCUT2D eigenvalue weighted by molar-refractivity contribution is 6.09. The van der Waals surface area contributed by atoms with Gasteiger partial charge in [-0.25, -0.2) is 19.9 Å². The second kappa shape index (κ2) is 12.6. The molecule has 55 heavy (non-hydrogen) atoms. The average molecular weight is 702 g/mol. The van der Waals surface area contributed by atoms with Gasteiger partial charge in [-0.15, -0.1) is 0 Å². The first-order valence-corrected chi connectivity index (χ1v) is 18.5. The fourth-order valence-electron chi connectivity index (χ4n) is 7.78. The number of hydrogen-bond acceptors (Lipinski definition) is 4. The van der Waals surface area contributed by atoms with Crippen LogP contribution in [0.15, 0.2) is 188 Å². The van der Waals surface area contributed by atoms with Crippen molar-refractivity contribution in [2.24, 2.45) is 0 Å². The number of hydrogen-bond donors (Lipinski definition) is 0. The van der Waals surface area contributed by atoms with Crippen molar-refractivity contribution in [1.82, 2.24) is 24.3 Å². The van der Waals surface area contributed by atoms with Gasteiger partial charge in [-0.2, -0.15) is 0 Å². The summed E-state index contributed by atoms with van der Waals surface area (Å²) in [5.74, 6) is 0.698. The average Bonchev–Trinajstić information content (AvgIpc) is 3.65. The van der Waals surface area contributed by atoms with E-state index in [1.807, 2.05) is 24.4 Å². The van der Waals surface area contributed by atoms with E-state index in [4.69, 9.17) is 19.9 Å². The fourth-order valence-corrected chi connectivity index (χ4v) is 7.78. The van der Waals surface area contributed by atoms with Crippen molar-refractivity contribution in [2.75, 3.05) is 0 Å². The predicted molar refractivity (Wildman–Crippen MR) is 226 cm³/mol. The molecule has 0 saturated heterocycles. The monoisotopic (exact) mass is 701 g/mol. The van der Waals surface area contributed by atoms with Gasteiger partial charge in [-0.05, 0) is 69.1 Å². The third-order valence-corrected chi connectivity index (χ3v) is 10.6. The van der Waals surface area contributed by atoms with Gasteiger partial charge in [0, 0.05) is 39.2 Å². The lowest BCUT2D eigenvalue weighted by molar-refractivity contribution is 1.18. The van der Waals surface area contributed by atoms with Gasteiger partial charge in [-0.1, -0.05) is 146 Å². The van der Waals surface area contributed by atoms with Gasteiger partial charge >= 0.3 is 0 Å². The maximum Gasteiger partial charge on any atom is 0.165 e. The molecule has 256 valence electrons. The van der Waals surface area contributed by atoms with Crippen molar-refractivity contribution in [1.29, 1.82) is 0 Å². The molecule has 0 fully saturated rings. The van der Waals surface area contributed by atoms with Crippen LogP contribution in [0.2, 0.25) is 0 Å². The quantitative estimate of drug-likeness (QED) is 0.179. The van der Waals surface area contributed by atoms with Gasteiger partial charge < -0.3 is 0 Å². The molecule has 0 N–H and O–H groups in total. The molecule has 0 bridgehead atoms. The summed E-state index contributed by atoms with van der Waals surface area (Å²) in [4.78, 5) is 20.5. The van der Waals surface area contributed by atoms with E-state index >= 15 is 0 Å². The van der Waals surface area contributed by atoms with Gasteiger partial charge in [0.25, 0.3) is 0 Å². The van der Waals surface area contributed by atoms with E-state index in [9.17, 15) is 0 Å². The molecule has 0 atom stereocenters. The number of imidazole rings is 1. The minimum Gasteiger partial charge on any atom is -0.284 e. The van der Waals surface area contributed by atoms with E-state index in [1.165, 1.54) is 16.2 Å². The summed E-state index contributed by atoms with van der Waals surface area (Å²) in [5.41, 5.74) is 11.7. The highest BCUT2D eigenvalue weighted by Crippen LogP contribution is 2.35. The Balaban J connectivity index is 1.01. The number of fused-ring (bicyclic) bond motifs is 7. The Hall–Kier alpha value is -7.50. The van der Waals surface area contributed by atoms with Crippen LogP contribution in [0.25, 0.3) is 105 Å². The summed E-state index contributed by atoms with van der Waals surface area (Å²) >= 11 is 0. The molecule has 0 aliphatic rings. The SMILES string of the molecule is c1cc(-c2ccc(-c3nc4c(nc5ccccn54)c4ccccc34)cc2)cc(-c2cc(-c3ccc4ccccc4c3)nc(-c3ccc4ccccc4c3)n2)c1. The Kier molecular flexibility index (Phi) is 7.10. The lowest BCUT2D eigenvalue weighted by atomic mass is 9.97. The Morgan fingerprint density at radius 1 is 0.345 bits per heavy atom. The standard InChI is InChI=1S/C50H31N5/c1-3-12-36-29-40(25-21-32(36)10-1)45-31-44(51-49(52-45)41-26-22-33-11-2-4-13-37(33)30-41)39-15-9-14-38(28-39)34-19-23-35(24-20-34)47-42-16-5-6-17-43(42)48-50(54-47)55-27-8-7-18-46(55)53-48/h1-31H. The molecule has 0 radical (unpaired) electrons. The van der Waals surface area contributed by atoms with Crippen LogP contribution in [0.5, 0.6) is 0 Å². The molecule has 0 spiro atoms. The maximum atomic E-state index is 5.20. The molecule has 0 unspecified atom stereocenters. The first-order valence-electron chi connectivity index (χ1n) is 18.5. The second-order valence-electron chi connectivity index (χ2n) is 14.0. The van der Waals surface area contributed by atoms with Crippen LogP contribution in [0.3, 0.4) is 0 Å². The largest absolute Gasteiger partial charge is 0.284 e. The van der Waals surface area contributed by atoms with Crippen LogP contribution in [-0.2, 0) is 0 Å². The zero-order valence-corrected chi connectivity index (χ0v) is 29.6. The Morgan fingerprint density at radius 3 is 1.69 bits per heavy atom. The molecular formula is C50H31N5. The summed E-state index contributed by atoms with van der Waals surface area (Å²) in [7, 11) is 0. The lowest BCUT2D eigenvalue weighted by Gasteiger charge is -2.12. The number of aromatic nitrogens is 5. The van der Waals surface area contributed by atoms with E-state index in [2.05, 4.69) is 168 Å². The van der Waals surface area contributed by atoms with Gasteiger partial charge in [0.05, 0.1) is 17.1 Å². The second-order valence-corrected chi connectivity index (χ2v) is 14.0. The van der Waals surface area contributed by atoms with Gasteiger partial charge in [0.2, 0.25) is 0 Å². The van der Waals surface area contributed by atoms with Crippen molar-refractivity contribution in [3.05, 3.63) is 188 Å². The Morgan fingerprint density at radius 2 is 0.927 bits per heavy atom. The van der Waals surface area contributed by atoms with Crippen LogP contribution in [0, 0.1) is 0 Å². The summed E-state index contributed by atoms with van der Waals surface area (Å²) in [6.07, 6.45) is 2.03. The number of rotatable bonds is 5. The minimum absolute atomic E-state index is 0.698. The molecule has 11 aromatic rings. The van der Waals surface area contributed by atoms with E-state index in [0.29, 0.717) is 5.82 Å². The van der Waals surface area contributed by atoms with Gasteiger partial charge in [-0.3, -0.25) is 4.40 Å². The fraction of sp³-hybridized carbons (Fsp3) is 0. The summed E-state index contributed by atoms with van der Waals surface area (Å²) in [6, 6.07) is 63.8. The van der Waals surface area contributed by atoms with Crippen LogP contribution >= 0.6 is 0 Å². The van der Waals surface area contributed by atoms with Crippen molar-refractivity contribution in [3.8, 4) is 56.3 Å². The highest BCUT2D eigenvalue weighted by atomic mass is 15.1. The topological polar surface area (TPSA) is 56.0 Å². The molecule has 0 aliphatic carbocycles. The summed E-state index contributed by atoms with van der Waals surface area (Å²) < 4.78 is 2.06. The molecule has 5 nitrogen and oxygen atoms in total. The van der Waals surface area contributed by atoms with Gasteiger partial charge in [0.1, 0.15) is 11.2 Å². The molecule has 0 saturated carbocycles. The van der Waals surface area contributed by atoms with Crippen LogP contribution in [-0.4, -0.2) is 24.3 Å². The van der Waals surface area contributed by atoms with Crippen molar-refractivity contribution in [3.63, 3.8) is 0 Å². The number of nitrogens with zero attached hydrogens (tertiary/aromatic N) is 5. The van der Waals surface area contributed by atoms with E-state index < -0.39 is 0 Å². The van der Waals surface area contributed by atoms with Crippen molar-refractivity contribution >= 4 is 49.1 Å². The van der Waals surface area contributed by atoms with Gasteiger partial charge in [0.15, 0.2) is 11.5 Å². The number of pyridine rings is 2. The number of benzene rings is 7. The van der Waals surface area contributed by atoms with E-state index in [1.54, 1.807) is 0 Å². The molecule has 0 aliphatic heterocycles. The predicted octanol–water partition coefficient (Wildman–Crippen LogP) is 12.5. The van der Waals surface area contributed by atoms with Crippen LogP contribution in [0.1, 0.15) is 0 Å². The molecule has 4 aromatic heterocycles. The summed E-state index contributed by atoms with van der Waals surface area (Å²) in [6.45, 7) is 0. The Bertz CT molecular complexity index is 3170. The van der Waals surface area contributed by atoms with Crippen LogP contribution in [0.4, 0.5) is 0 Å². The maximum absolute atomic E-state index is 5.20. The molecule has 5 heteroatoms. The summed E-state index contributed by atoms with van der Waals surface area (Å²) in [5, 5.41) is 6.91. The normalized spacial score (nSPS) is 11.6. The van der Waals surface area contributed by atoms with Crippen LogP contribution < -0.4 is 0 Å². The zero-order chi connectivity index (χ0) is 36.3. The first-order chi connectivity index (χ1) is 27.2. The Labute approximate surface area is 316 Å². The smallest absolute Gasteiger partial charge is 0.165 e. The molecule has 11 rings (SSSR count).